The Bertz CT molecular complexity index is 641. The van der Waals surface area contributed by atoms with E-state index < -0.39 is 11.9 Å². The summed E-state index contributed by atoms with van der Waals surface area (Å²) in [7, 11) is 0. The maximum Gasteiger partial charge on any atom is 0.307 e. The molecule has 4 heteroatoms. The highest BCUT2D eigenvalue weighted by molar-refractivity contribution is 5.86. The van der Waals surface area contributed by atoms with Gasteiger partial charge >= 0.3 is 5.97 Å². The number of hydrogen-bond donors (Lipinski definition) is 2. The molecule has 2 saturated carbocycles. The molecule has 0 aliphatic heterocycles. The van der Waals surface area contributed by atoms with Gasteiger partial charge in [-0.05, 0) is 61.5 Å². The van der Waals surface area contributed by atoms with E-state index in [-0.39, 0.29) is 29.7 Å². The van der Waals surface area contributed by atoms with Gasteiger partial charge in [-0.15, -0.1) is 0 Å². The fraction of sp³-hybridized carbons (Fsp3) is 0.579. The molecule has 4 nitrogen and oxygen atoms in total. The van der Waals surface area contributed by atoms with E-state index >= 15 is 0 Å². The lowest BCUT2D eigenvalue weighted by molar-refractivity contribution is -0.149. The molecular formula is C19H23NO3. The third-order valence-corrected chi connectivity index (χ3v) is 6.19. The number of carboxylic acid groups (broad SMARTS) is 1. The van der Waals surface area contributed by atoms with Gasteiger partial charge in [0.15, 0.2) is 0 Å². The molecule has 0 radical (unpaired) electrons. The van der Waals surface area contributed by atoms with Gasteiger partial charge in [0.1, 0.15) is 0 Å². The van der Waals surface area contributed by atoms with Crippen molar-refractivity contribution in [3.8, 4) is 0 Å². The van der Waals surface area contributed by atoms with E-state index in [0.29, 0.717) is 0 Å². The van der Waals surface area contributed by atoms with Gasteiger partial charge in [-0.1, -0.05) is 24.3 Å². The predicted octanol–water partition coefficient (Wildman–Crippen LogP) is 2.93. The molecule has 23 heavy (non-hydrogen) atoms. The standard InChI is InChI=1S/C19H23NO3/c21-18(16-12-8-9-13(10-12)17(16)19(22)23)20-15-7-3-5-11-4-1-2-6-14(11)15/h1-2,4,6,12-13,15-17H,3,5,7-10H2,(H,20,21)(H,22,23)/t12-,13+,15-,16-,17+/m1/s1. The van der Waals surface area contributed by atoms with Crippen molar-refractivity contribution in [1.29, 1.82) is 0 Å². The third kappa shape index (κ3) is 2.44. The molecule has 2 fully saturated rings. The van der Waals surface area contributed by atoms with E-state index in [4.69, 9.17) is 0 Å². The van der Waals surface area contributed by atoms with Crippen molar-refractivity contribution in [1.82, 2.24) is 5.32 Å². The topological polar surface area (TPSA) is 66.4 Å². The number of aliphatic carboxylic acids is 1. The molecule has 1 aromatic rings. The molecule has 2 bridgehead atoms. The largest absolute Gasteiger partial charge is 0.481 e. The van der Waals surface area contributed by atoms with E-state index in [9.17, 15) is 14.7 Å². The first-order valence-corrected chi connectivity index (χ1v) is 8.76. The number of nitrogens with one attached hydrogen (secondary N) is 1. The molecule has 1 amide bonds. The zero-order valence-electron chi connectivity index (χ0n) is 13.2. The van der Waals surface area contributed by atoms with Crippen LogP contribution >= 0.6 is 0 Å². The SMILES string of the molecule is O=C(N[C@@H]1CCCc2ccccc21)[C@@H]1[C@@H]2CC[C@@H](C2)[C@@H]1C(=O)O. The van der Waals surface area contributed by atoms with Gasteiger partial charge in [-0.2, -0.15) is 0 Å². The lowest BCUT2D eigenvalue weighted by atomic mass is 9.78. The zero-order valence-corrected chi connectivity index (χ0v) is 13.2. The van der Waals surface area contributed by atoms with Gasteiger partial charge in [0.2, 0.25) is 5.91 Å². The minimum atomic E-state index is -0.790. The quantitative estimate of drug-likeness (QED) is 0.901. The number of carboxylic acids is 1. The van der Waals surface area contributed by atoms with Gasteiger partial charge in [-0.3, -0.25) is 9.59 Å². The van der Waals surface area contributed by atoms with E-state index in [2.05, 4.69) is 17.4 Å². The summed E-state index contributed by atoms with van der Waals surface area (Å²) in [6, 6.07) is 8.32. The van der Waals surface area contributed by atoms with Crippen LogP contribution in [0.2, 0.25) is 0 Å². The Kier molecular flexibility index (Phi) is 3.63. The highest BCUT2D eigenvalue weighted by atomic mass is 16.4. The van der Waals surface area contributed by atoms with E-state index in [1.54, 1.807) is 0 Å². The first-order chi connectivity index (χ1) is 11.1. The van der Waals surface area contributed by atoms with Gasteiger partial charge in [0, 0.05) is 0 Å². The van der Waals surface area contributed by atoms with Crippen molar-refractivity contribution in [2.24, 2.45) is 23.7 Å². The van der Waals surface area contributed by atoms with Gasteiger partial charge in [0.25, 0.3) is 0 Å². The van der Waals surface area contributed by atoms with Crippen LogP contribution in [0.5, 0.6) is 0 Å². The van der Waals surface area contributed by atoms with Crippen LogP contribution in [-0.2, 0) is 16.0 Å². The van der Waals surface area contributed by atoms with Gasteiger partial charge in [-0.25, -0.2) is 0 Å². The number of fused-ring (bicyclic) bond motifs is 3. The fourth-order valence-corrected chi connectivity index (χ4v) is 5.20. The van der Waals surface area contributed by atoms with Crippen molar-refractivity contribution >= 4 is 11.9 Å². The van der Waals surface area contributed by atoms with Crippen LogP contribution in [0.1, 0.15) is 49.3 Å². The molecule has 0 spiro atoms. The summed E-state index contributed by atoms with van der Waals surface area (Å²) in [6.45, 7) is 0. The Labute approximate surface area is 136 Å². The first-order valence-electron chi connectivity index (χ1n) is 8.76. The Hall–Kier alpha value is -1.84. The Balaban J connectivity index is 1.54. The second-order valence-electron chi connectivity index (χ2n) is 7.38. The molecular weight excluding hydrogens is 290 g/mol. The highest BCUT2D eigenvalue weighted by Gasteiger charge is 2.54. The van der Waals surface area contributed by atoms with Gasteiger partial charge < -0.3 is 10.4 Å². The van der Waals surface area contributed by atoms with Crippen molar-refractivity contribution < 1.29 is 14.7 Å². The number of benzene rings is 1. The molecule has 1 aromatic carbocycles. The molecule has 0 saturated heterocycles. The minimum Gasteiger partial charge on any atom is -0.481 e. The zero-order chi connectivity index (χ0) is 16.0. The van der Waals surface area contributed by atoms with Crippen LogP contribution in [0.15, 0.2) is 24.3 Å². The maximum absolute atomic E-state index is 12.9. The number of amides is 1. The number of carbonyl (C=O) groups excluding carboxylic acids is 1. The molecule has 3 aliphatic carbocycles. The van der Waals surface area contributed by atoms with E-state index in [1.165, 1.54) is 11.1 Å². The van der Waals surface area contributed by atoms with Crippen molar-refractivity contribution in [3.05, 3.63) is 35.4 Å². The Morgan fingerprint density at radius 2 is 1.78 bits per heavy atom. The Morgan fingerprint density at radius 3 is 2.57 bits per heavy atom. The summed E-state index contributed by atoms with van der Waals surface area (Å²) in [5.74, 6) is -1.17. The summed E-state index contributed by atoms with van der Waals surface area (Å²) in [4.78, 5) is 24.5. The molecule has 122 valence electrons. The van der Waals surface area contributed by atoms with Crippen LogP contribution in [0.3, 0.4) is 0 Å². The van der Waals surface area contributed by atoms with E-state index in [0.717, 1.165) is 38.5 Å². The lowest BCUT2D eigenvalue weighted by Gasteiger charge is -2.31. The van der Waals surface area contributed by atoms with Crippen LogP contribution in [0.4, 0.5) is 0 Å². The van der Waals surface area contributed by atoms with Crippen molar-refractivity contribution in [2.45, 2.75) is 44.6 Å². The summed E-state index contributed by atoms with van der Waals surface area (Å²) in [5.41, 5.74) is 2.52. The van der Waals surface area contributed by atoms with Crippen LogP contribution in [0, 0.1) is 23.7 Å². The van der Waals surface area contributed by atoms with Crippen LogP contribution < -0.4 is 5.32 Å². The lowest BCUT2D eigenvalue weighted by Crippen LogP contribution is -2.43. The fourth-order valence-electron chi connectivity index (χ4n) is 5.20. The Morgan fingerprint density at radius 1 is 1.04 bits per heavy atom. The molecule has 0 unspecified atom stereocenters. The van der Waals surface area contributed by atoms with Gasteiger partial charge in [0.05, 0.1) is 17.9 Å². The minimum absolute atomic E-state index is 0.0358. The number of aryl methyl sites for hydroxylation is 1. The molecule has 2 N–H and O–H groups in total. The van der Waals surface area contributed by atoms with Crippen LogP contribution in [0.25, 0.3) is 0 Å². The normalized spacial score (nSPS) is 34.9. The number of hydrogen-bond acceptors (Lipinski definition) is 2. The van der Waals surface area contributed by atoms with Crippen molar-refractivity contribution in [3.63, 3.8) is 0 Å². The summed E-state index contributed by atoms with van der Waals surface area (Å²) in [5, 5.41) is 12.7. The average Bonchev–Trinajstić information content (AvgIpc) is 3.16. The molecule has 3 aliphatic rings. The maximum atomic E-state index is 12.9. The summed E-state index contributed by atoms with van der Waals surface area (Å²) >= 11 is 0. The molecule has 0 heterocycles. The third-order valence-electron chi connectivity index (χ3n) is 6.19. The number of rotatable bonds is 3. The molecule has 0 aromatic heterocycles. The van der Waals surface area contributed by atoms with Crippen molar-refractivity contribution in [2.75, 3.05) is 0 Å². The van der Waals surface area contributed by atoms with E-state index in [1.807, 2.05) is 12.1 Å². The second-order valence-corrected chi connectivity index (χ2v) is 7.38. The molecule has 4 rings (SSSR count). The molecule has 5 atom stereocenters. The summed E-state index contributed by atoms with van der Waals surface area (Å²) in [6.07, 6.45) is 5.97. The smallest absolute Gasteiger partial charge is 0.307 e. The predicted molar refractivity (Wildman–Crippen MR) is 85.7 cm³/mol. The summed E-state index contributed by atoms with van der Waals surface area (Å²) < 4.78 is 0. The monoisotopic (exact) mass is 313 g/mol. The second kappa shape index (κ2) is 5.66. The first kappa shape index (κ1) is 14.7. The average molecular weight is 313 g/mol. The highest BCUT2D eigenvalue weighted by Crippen LogP contribution is 2.52. The number of carbonyl (C=O) groups is 2. The van der Waals surface area contributed by atoms with Crippen LogP contribution in [-0.4, -0.2) is 17.0 Å².